The van der Waals surface area contributed by atoms with Gasteiger partial charge in [0.25, 0.3) is 0 Å². The second kappa shape index (κ2) is 5.37. The van der Waals surface area contributed by atoms with E-state index in [2.05, 4.69) is 31.4 Å². The standard InChI is InChI=1S/C12H10BrN5OS/c13-8-3-1-7(2-4-8)6-20-12-17-16-11-15-10(19)5-9(14)18(11)12/h1-4,14H,5-6H2,(H,15,16,19). The molecule has 0 bridgehead atoms. The number of carbonyl (C=O) groups excluding carboxylic acids is 1. The van der Waals surface area contributed by atoms with Crippen LogP contribution in [0.25, 0.3) is 0 Å². The van der Waals surface area contributed by atoms with Gasteiger partial charge in [0.1, 0.15) is 5.84 Å². The Morgan fingerprint density at radius 2 is 2.10 bits per heavy atom. The van der Waals surface area contributed by atoms with Gasteiger partial charge in [0.15, 0.2) is 5.16 Å². The summed E-state index contributed by atoms with van der Waals surface area (Å²) in [5, 5.41) is 19.0. The predicted octanol–water partition coefficient (Wildman–Crippen LogP) is 2.50. The van der Waals surface area contributed by atoms with Crippen LogP contribution in [0.2, 0.25) is 0 Å². The van der Waals surface area contributed by atoms with Crippen LogP contribution in [0.3, 0.4) is 0 Å². The van der Waals surface area contributed by atoms with Crippen molar-refractivity contribution in [3.63, 3.8) is 0 Å². The Bertz CT molecular complexity index is 682. The molecule has 0 saturated carbocycles. The van der Waals surface area contributed by atoms with E-state index < -0.39 is 0 Å². The summed E-state index contributed by atoms with van der Waals surface area (Å²) in [7, 11) is 0. The first-order valence-electron chi connectivity index (χ1n) is 5.84. The summed E-state index contributed by atoms with van der Waals surface area (Å²) in [6.45, 7) is 0. The topological polar surface area (TPSA) is 83.7 Å². The molecule has 8 heteroatoms. The molecule has 1 aliphatic heterocycles. The van der Waals surface area contributed by atoms with Gasteiger partial charge in [-0.2, -0.15) is 0 Å². The molecule has 0 radical (unpaired) electrons. The van der Waals surface area contributed by atoms with E-state index in [4.69, 9.17) is 5.41 Å². The lowest BCUT2D eigenvalue weighted by Gasteiger charge is -2.15. The van der Waals surface area contributed by atoms with Crippen molar-refractivity contribution in [1.29, 1.82) is 5.41 Å². The first kappa shape index (κ1) is 13.3. The fraction of sp³-hybridized carbons (Fsp3) is 0.167. The van der Waals surface area contributed by atoms with Crippen molar-refractivity contribution in [2.75, 3.05) is 5.32 Å². The van der Waals surface area contributed by atoms with Crippen LogP contribution in [0, 0.1) is 5.41 Å². The lowest BCUT2D eigenvalue weighted by atomic mass is 10.2. The molecule has 0 saturated heterocycles. The average molecular weight is 352 g/mol. The summed E-state index contributed by atoms with van der Waals surface area (Å²) in [6.07, 6.45) is 0.0525. The van der Waals surface area contributed by atoms with Gasteiger partial charge in [0.2, 0.25) is 11.9 Å². The fourth-order valence-corrected chi connectivity index (χ4v) is 2.99. The minimum absolute atomic E-state index is 0.0525. The van der Waals surface area contributed by atoms with E-state index in [9.17, 15) is 4.79 Å². The molecule has 2 heterocycles. The SMILES string of the molecule is N=C1CC(=O)Nc2nnc(SCc3ccc(Br)cc3)n21. The van der Waals surface area contributed by atoms with E-state index in [1.165, 1.54) is 11.8 Å². The molecule has 20 heavy (non-hydrogen) atoms. The third-order valence-electron chi connectivity index (χ3n) is 2.76. The molecule has 1 aromatic heterocycles. The number of hydrogen-bond acceptors (Lipinski definition) is 5. The van der Waals surface area contributed by atoms with Crippen LogP contribution in [0.5, 0.6) is 0 Å². The Balaban J connectivity index is 1.77. The molecular weight excluding hydrogens is 342 g/mol. The van der Waals surface area contributed by atoms with Gasteiger partial charge in [0.05, 0.1) is 6.42 Å². The highest BCUT2D eigenvalue weighted by atomic mass is 79.9. The summed E-state index contributed by atoms with van der Waals surface area (Å²) in [5.74, 6) is 1.03. The maximum Gasteiger partial charge on any atom is 0.237 e. The largest absolute Gasteiger partial charge is 0.294 e. The Morgan fingerprint density at radius 1 is 1.35 bits per heavy atom. The monoisotopic (exact) mass is 351 g/mol. The highest BCUT2D eigenvalue weighted by Crippen LogP contribution is 2.26. The number of hydrogen-bond donors (Lipinski definition) is 2. The second-order valence-electron chi connectivity index (χ2n) is 4.23. The van der Waals surface area contributed by atoms with Crippen molar-refractivity contribution in [2.45, 2.75) is 17.3 Å². The lowest BCUT2D eigenvalue weighted by Crippen LogP contribution is -2.29. The van der Waals surface area contributed by atoms with Gasteiger partial charge in [-0.1, -0.05) is 39.8 Å². The summed E-state index contributed by atoms with van der Waals surface area (Å²) >= 11 is 4.88. The van der Waals surface area contributed by atoms with Crippen LogP contribution in [-0.4, -0.2) is 26.5 Å². The van der Waals surface area contributed by atoms with E-state index in [-0.39, 0.29) is 18.2 Å². The van der Waals surface area contributed by atoms with Gasteiger partial charge < -0.3 is 0 Å². The molecule has 0 atom stereocenters. The van der Waals surface area contributed by atoms with Gasteiger partial charge >= 0.3 is 0 Å². The first-order valence-corrected chi connectivity index (χ1v) is 7.61. The molecular formula is C12H10BrN5OS. The van der Waals surface area contributed by atoms with E-state index in [0.717, 1.165) is 15.8 Å². The zero-order chi connectivity index (χ0) is 14.1. The molecule has 6 nitrogen and oxygen atoms in total. The van der Waals surface area contributed by atoms with Crippen molar-refractivity contribution in [3.05, 3.63) is 34.3 Å². The number of aromatic nitrogens is 3. The van der Waals surface area contributed by atoms with Crippen molar-refractivity contribution >= 4 is 45.4 Å². The molecule has 3 rings (SSSR count). The van der Waals surface area contributed by atoms with E-state index in [0.29, 0.717) is 11.1 Å². The number of carbonyl (C=O) groups is 1. The zero-order valence-corrected chi connectivity index (χ0v) is 12.7. The van der Waals surface area contributed by atoms with E-state index >= 15 is 0 Å². The van der Waals surface area contributed by atoms with Crippen LogP contribution in [0.4, 0.5) is 5.95 Å². The Labute approximate surface area is 127 Å². The summed E-state index contributed by atoms with van der Waals surface area (Å²) in [6, 6.07) is 8.02. The molecule has 0 aliphatic carbocycles. The van der Waals surface area contributed by atoms with Gasteiger partial charge in [-0.05, 0) is 17.7 Å². The smallest absolute Gasteiger partial charge is 0.237 e. The number of halogens is 1. The fourth-order valence-electron chi connectivity index (χ4n) is 1.82. The molecule has 1 aromatic carbocycles. The average Bonchev–Trinajstić information content (AvgIpc) is 2.81. The number of rotatable bonds is 3. The van der Waals surface area contributed by atoms with Crippen LogP contribution in [-0.2, 0) is 10.5 Å². The molecule has 2 N–H and O–H groups in total. The van der Waals surface area contributed by atoms with Crippen LogP contribution >= 0.6 is 27.7 Å². The quantitative estimate of drug-likeness (QED) is 0.832. The summed E-state index contributed by atoms with van der Waals surface area (Å²) in [4.78, 5) is 11.3. The van der Waals surface area contributed by atoms with Gasteiger partial charge in [-0.15, -0.1) is 10.2 Å². The molecule has 2 aromatic rings. The number of anilines is 1. The Morgan fingerprint density at radius 3 is 2.85 bits per heavy atom. The number of amides is 1. The van der Waals surface area contributed by atoms with Crippen molar-refractivity contribution in [3.8, 4) is 0 Å². The van der Waals surface area contributed by atoms with Crippen molar-refractivity contribution in [1.82, 2.24) is 14.8 Å². The highest BCUT2D eigenvalue weighted by Gasteiger charge is 2.24. The van der Waals surface area contributed by atoms with Gasteiger partial charge in [0, 0.05) is 10.2 Å². The number of benzene rings is 1. The number of nitrogens with zero attached hydrogens (tertiary/aromatic N) is 3. The minimum atomic E-state index is -0.223. The van der Waals surface area contributed by atoms with Gasteiger partial charge in [-0.25, -0.2) is 4.57 Å². The van der Waals surface area contributed by atoms with E-state index in [1.54, 1.807) is 4.57 Å². The normalized spacial score (nSPS) is 14.1. The minimum Gasteiger partial charge on any atom is -0.294 e. The lowest BCUT2D eigenvalue weighted by molar-refractivity contribution is -0.115. The van der Waals surface area contributed by atoms with Crippen LogP contribution < -0.4 is 5.32 Å². The first-order chi connectivity index (χ1) is 9.63. The van der Waals surface area contributed by atoms with Crippen molar-refractivity contribution < 1.29 is 4.79 Å². The molecule has 1 amide bonds. The maximum absolute atomic E-state index is 11.3. The Hall–Kier alpha value is -1.67. The van der Waals surface area contributed by atoms with Crippen LogP contribution in [0.15, 0.2) is 33.9 Å². The number of fused-ring (bicyclic) bond motifs is 1. The van der Waals surface area contributed by atoms with Gasteiger partial charge in [-0.3, -0.25) is 15.5 Å². The van der Waals surface area contributed by atoms with Crippen molar-refractivity contribution in [2.24, 2.45) is 0 Å². The predicted molar refractivity (Wildman–Crippen MR) is 80.1 cm³/mol. The molecule has 0 fully saturated rings. The second-order valence-corrected chi connectivity index (χ2v) is 6.09. The molecule has 1 aliphatic rings. The number of nitrogens with one attached hydrogen (secondary N) is 2. The number of thioether (sulfide) groups is 1. The third kappa shape index (κ3) is 2.61. The zero-order valence-electron chi connectivity index (χ0n) is 10.3. The highest BCUT2D eigenvalue weighted by molar-refractivity contribution is 9.10. The summed E-state index contributed by atoms with van der Waals surface area (Å²) in [5.41, 5.74) is 1.15. The molecule has 102 valence electrons. The molecule has 0 unspecified atom stereocenters. The third-order valence-corrected chi connectivity index (χ3v) is 4.29. The van der Waals surface area contributed by atoms with Crippen LogP contribution in [0.1, 0.15) is 12.0 Å². The molecule has 0 spiro atoms. The Kier molecular flexibility index (Phi) is 3.58. The van der Waals surface area contributed by atoms with E-state index in [1.807, 2.05) is 24.3 Å². The summed E-state index contributed by atoms with van der Waals surface area (Å²) < 4.78 is 2.61. The maximum atomic E-state index is 11.3.